The fourth-order valence-corrected chi connectivity index (χ4v) is 2.91. The van der Waals surface area contributed by atoms with E-state index in [1.807, 2.05) is 0 Å². The van der Waals surface area contributed by atoms with Crippen molar-refractivity contribution in [3.8, 4) is 11.4 Å². The molecular weight excluding hydrogens is 363 g/mol. The minimum atomic E-state index is -0.688. The SMILES string of the molecule is COc1ccccc1-n1ccc(C)c(C(=O)Nc2cc(F)ccc2CO)c1=O. The number of aliphatic hydroxyl groups excluding tert-OH is 1. The van der Waals surface area contributed by atoms with Crippen molar-refractivity contribution >= 4 is 11.6 Å². The first kappa shape index (κ1) is 19.3. The fourth-order valence-electron chi connectivity index (χ4n) is 2.91. The number of ether oxygens (including phenoxy) is 1. The standard InChI is InChI=1S/C21H19FN2O4/c1-13-9-10-24(17-5-3-4-6-18(17)28-2)21(27)19(13)20(26)23-16-11-15(22)8-7-14(16)12-25/h3-11,25H,12H2,1-2H3,(H,23,26). The van der Waals surface area contributed by atoms with Crippen LogP contribution in [0.25, 0.3) is 5.69 Å². The van der Waals surface area contributed by atoms with E-state index in [4.69, 9.17) is 4.74 Å². The number of aliphatic hydroxyl groups is 1. The first-order valence-electron chi connectivity index (χ1n) is 8.52. The Morgan fingerprint density at radius 1 is 1.21 bits per heavy atom. The van der Waals surface area contributed by atoms with E-state index in [-0.39, 0.29) is 17.9 Å². The van der Waals surface area contributed by atoms with Gasteiger partial charge in [-0.3, -0.25) is 14.2 Å². The van der Waals surface area contributed by atoms with Crippen LogP contribution in [0.3, 0.4) is 0 Å². The molecule has 0 unspecified atom stereocenters. The number of aryl methyl sites for hydroxylation is 1. The molecule has 7 heteroatoms. The highest BCUT2D eigenvalue weighted by atomic mass is 19.1. The van der Waals surface area contributed by atoms with Crippen molar-refractivity contribution in [1.82, 2.24) is 4.57 Å². The molecule has 1 aromatic heterocycles. The van der Waals surface area contributed by atoms with Crippen LogP contribution in [0.4, 0.5) is 10.1 Å². The molecule has 0 saturated heterocycles. The van der Waals surface area contributed by atoms with Gasteiger partial charge in [-0.15, -0.1) is 0 Å². The minimum absolute atomic E-state index is 0.0819. The van der Waals surface area contributed by atoms with Gasteiger partial charge in [-0.1, -0.05) is 18.2 Å². The van der Waals surface area contributed by atoms with Gasteiger partial charge in [-0.25, -0.2) is 4.39 Å². The molecule has 6 nitrogen and oxygen atoms in total. The molecule has 2 N–H and O–H groups in total. The van der Waals surface area contributed by atoms with Gasteiger partial charge in [-0.2, -0.15) is 0 Å². The normalized spacial score (nSPS) is 10.6. The highest BCUT2D eigenvalue weighted by Gasteiger charge is 2.19. The summed E-state index contributed by atoms with van der Waals surface area (Å²) in [5.41, 5.74) is 0.791. The van der Waals surface area contributed by atoms with Crippen molar-refractivity contribution in [2.75, 3.05) is 12.4 Å². The smallest absolute Gasteiger partial charge is 0.268 e. The number of nitrogens with zero attached hydrogens (tertiary/aromatic N) is 1. The van der Waals surface area contributed by atoms with Crippen LogP contribution in [-0.2, 0) is 6.61 Å². The molecule has 1 amide bonds. The monoisotopic (exact) mass is 382 g/mol. The lowest BCUT2D eigenvalue weighted by Gasteiger charge is -2.14. The van der Waals surface area contributed by atoms with Crippen LogP contribution in [0.2, 0.25) is 0 Å². The highest BCUT2D eigenvalue weighted by molar-refractivity contribution is 6.05. The van der Waals surface area contributed by atoms with Gasteiger partial charge in [0.1, 0.15) is 17.1 Å². The number of amides is 1. The van der Waals surface area contributed by atoms with Crippen LogP contribution in [0.15, 0.2) is 59.5 Å². The Balaban J connectivity index is 2.07. The topological polar surface area (TPSA) is 80.6 Å². The second-order valence-electron chi connectivity index (χ2n) is 6.13. The molecule has 0 aliphatic rings. The molecule has 1 heterocycles. The van der Waals surface area contributed by atoms with Crippen molar-refractivity contribution < 1.29 is 19.0 Å². The first-order chi connectivity index (χ1) is 13.5. The molecule has 0 saturated carbocycles. The molecule has 0 fully saturated rings. The summed E-state index contributed by atoms with van der Waals surface area (Å²) in [6, 6.07) is 12.2. The minimum Gasteiger partial charge on any atom is -0.495 e. The van der Waals surface area contributed by atoms with Crippen LogP contribution in [-0.4, -0.2) is 22.7 Å². The molecule has 2 aromatic carbocycles. The lowest BCUT2D eigenvalue weighted by Crippen LogP contribution is -2.29. The Kier molecular flexibility index (Phi) is 5.56. The molecule has 0 bridgehead atoms. The van der Waals surface area contributed by atoms with Gasteiger partial charge in [0.25, 0.3) is 11.5 Å². The maximum Gasteiger partial charge on any atom is 0.268 e. The van der Waals surface area contributed by atoms with Crippen molar-refractivity contribution in [3.63, 3.8) is 0 Å². The number of hydrogen-bond donors (Lipinski definition) is 2. The van der Waals surface area contributed by atoms with E-state index >= 15 is 0 Å². The summed E-state index contributed by atoms with van der Waals surface area (Å²) in [6.07, 6.45) is 1.56. The quantitative estimate of drug-likeness (QED) is 0.711. The summed E-state index contributed by atoms with van der Waals surface area (Å²) < 4.78 is 20.2. The molecule has 0 aliphatic carbocycles. The number of carbonyl (C=O) groups is 1. The lowest BCUT2D eigenvalue weighted by atomic mass is 10.1. The number of aromatic nitrogens is 1. The molecule has 28 heavy (non-hydrogen) atoms. The van der Waals surface area contributed by atoms with Crippen LogP contribution >= 0.6 is 0 Å². The van der Waals surface area contributed by atoms with E-state index in [0.29, 0.717) is 22.6 Å². The summed E-state index contributed by atoms with van der Waals surface area (Å²) in [5, 5.41) is 11.9. The number of methoxy groups -OCH3 is 1. The number of nitrogens with one attached hydrogen (secondary N) is 1. The van der Waals surface area contributed by atoms with Crippen molar-refractivity contribution in [2.45, 2.75) is 13.5 Å². The maximum absolute atomic E-state index is 13.6. The predicted molar refractivity (Wildman–Crippen MR) is 104 cm³/mol. The Hall–Kier alpha value is -3.45. The zero-order valence-electron chi connectivity index (χ0n) is 15.4. The number of para-hydroxylation sites is 2. The van der Waals surface area contributed by atoms with E-state index in [1.165, 1.54) is 23.8 Å². The number of hydrogen-bond acceptors (Lipinski definition) is 4. The van der Waals surface area contributed by atoms with E-state index < -0.39 is 17.3 Å². The predicted octanol–water partition coefficient (Wildman–Crippen LogP) is 3.04. The molecule has 3 aromatic rings. The van der Waals surface area contributed by atoms with Crippen LogP contribution in [0.5, 0.6) is 5.75 Å². The third-order valence-electron chi connectivity index (χ3n) is 4.36. The van der Waals surface area contributed by atoms with Crippen molar-refractivity contribution in [2.24, 2.45) is 0 Å². The first-order valence-corrected chi connectivity index (χ1v) is 8.52. The van der Waals surface area contributed by atoms with E-state index in [2.05, 4.69) is 5.32 Å². The van der Waals surface area contributed by atoms with E-state index in [0.717, 1.165) is 6.07 Å². The zero-order valence-corrected chi connectivity index (χ0v) is 15.4. The van der Waals surface area contributed by atoms with Gasteiger partial charge < -0.3 is 15.2 Å². The summed E-state index contributed by atoms with van der Waals surface area (Å²) >= 11 is 0. The maximum atomic E-state index is 13.6. The van der Waals surface area contributed by atoms with Crippen LogP contribution < -0.4 is 15.6 Å². The second-order valence-corrected chi connectivity index (χ2v) is 6.13. The average Bonchev–Trinajstić information content (AvgIpc) is 2.68. The van der Waals surface area contributed by atoms with Gasteiger partial charge in [0.05, 0.1) is 19.4 Å². The molecular formula is C21H19FN2O4. The summed E-state index contributed by atoms with van der Waals surface area (Å²) in [6.45, 7) is 1.26. The number of halogens is 1. The van der Waals surface area contributed by atoms with Gasteiger partial charge in [0.15, 0.2) is 0 Å². The van der Waals surface area contributed by atoms with Crippen molar-refractivity contribution in [1.29, 1.82) is 0 Å². The molecule has 3 rings (SSSR count). The Bertz CT molecular complexity index is 1090. The van der Waals surface area contributed by atoms with E-state index in [1.54, 1.807) is 43.5 Å². The zero-order chi connectivity index (χ0) is 20.3. The van der Waals surface area contributed by atoms with Crippen LogP contribution in [0, 0.1) is 12.7 Å². The van der Waals surface area contributed by atoms with E-state index in [9.17, 15) is 19.1 Å². The Morgan fingerprint density at radius 3 is 2.68 bits per heavy atom. The number of anilines is 1. The summed E-state index contributed by atoms with van der Waals surface area (Å²) in [7, 11) is 1.49. The molecule has 0 radical (unpaired) electrons. The summed E-state index contributed by atoms with van der Waals surface area (Å²) in [5.74, 6) is -0.775. The van der Waals surface area contributed by atoms with Gasteiger partial charge in [0.2, 0.25) is 0 Å². The second kappa shape index (κ2) is 8.06. The van der Waals surface area contributed by atoms with Gasteiger partial charge >= 0.3 is 0 Å². The Labute approximate surface area is 160 Å². The molecule has 0 aliphatic heterocycles. The molecule has 0 atom stereocenters. The number of carbonyl (C=O) groups excluding carboxylic acids is 1. The average molecular weight is 382 g/mol. The summed E-state index contributed by atoms with van der Waals surface area (Å²) in [4.78, 5) is 25.8. The largest absolute Gasteiger partial charge is 0.495 e. The number of rotatable bonds is 5. The molecule has 0 spiro atoms. The lowest BCUT2D eigenvalue weighted by molar-refractivity contribution is 0.102. The third-order valence-corrected chi connectivity index (χ3v) is 4.36. The van der Waals surface area contributed by atoms with Gasteiger partial charge in [0, 0.05) is 17.4 Å². The third kappa shape index (κ3) is 3.65. The van der Waals surface area contributed by atoms with Crippen LogP contribution in [0.1, 0.15) is 21.5 Å². The van der Waals surface area contributed by atoms with Crippen molar-refractivity contribution in [3.05, 3.63) is 87.6 Å². The fraction of sp³-hybridized carbons (Fsp3) is 0.143. The van der Waals surface area contributed by atoms with Gasteiger partial charge in [-0.05, 0) is 42.8 Å². The highest BCUT2D eigenvalue weighted by Crippen LogP contribution is 2.22. The molecule has 144 valence electrons. The number of pyridine rings is 1. The Morgan fingerprint density at radius 2 is 1.96 bits per heavy atom. The number of benzene rings is 2.